The van der Waals surface area contributed by atoms with Crippen molar-refractivity contribution in [1.82, 2.24) is 39.6 Å². The van der Waals surface area contributed by atoms with Crippen molar-refractivity contribution < 1.29 is 32.4 Å². The Bertz CT molecular complexity index is 1350. The molecule has 4 aliphatic heterocycles. The summed E-state index contributed by atoms with van der Waals surface area (Å²) in [5.74, 6) is 0. The van der Waals surface area contributed by atoms with Crippen molar-refractivity contribution in [3.63, 3.8) is 0 Å². The van der Waals surface area contributed by atoms with Gasteiger partial charge in [0.2, 0.25) is 0 Å². The molecule has 0 atom stereocenters. The van der Waals surface area contributed by atoms with Crippen LogP contribution in [0.2, 0.25) is 0 Å². The maximum Gasteiger partial charge on any atom is 0.277 e. The van der Waals surface area contributed by atoms with E-state index in [1.165, 1.54) is 10.1 Å². The quantitative estimate of drug-likeness (QED) is 0.157. The van der Waals surface area contributed by atoms with E-state index in [2.05, 4.69) is 84.9 Å². The van der Waals surface area contributed by atoms with Crippen LogP contribution in [0.25, 0.3) is 0 Å². The first kappa shape index (κ1) is 57.0. The largest absolute Gasteiger partial charge is 0.397 e. The van der Waals surface area contributed by atoms with Crippen molar-refractivity contribution in [1.29, 1.82) is 0 Å². The van der Waals surface area contributed by atoms with E-state index in [0.29, 0.717) is 25.7 Å². The predicted molar refractivity (Wildman–Crippen MR) is 236 cm³/mol. The van der Waals surface area contributed by atoms with Crippen LogP contribution in [0, 0.1) is 0 Å². The average Bonchev–Trinajstić information content (AvgIpc) is 2.85. The van der Waals surface area contributed by atoms with Gasteiger partial charge in [-0.3, -0.25) is 0 Å². The summed E-state index contributed by atoms with van der Waals surface area (Å²) < 4.78 is 62.5. The van der Waals surface area contributed by atoms with Gasteiger partial charge in [0.15, 0.2) is 0 Å². The Kier molecular flexibility index (Phi) is 19.6. The molecule has 4 fully saturated rings. The monoisotopic (exact) mass is 899 g/mol. The van der Waals surface area contributed by atoms with Gasteiger partial charge in [-0.25, -0.2) is 0 Å². The van der Waals surface area contributed by atoms with Gasteiger partial charge < -0.3 is 26.2 Å². The molecule has 4 saturated heterocycles. The van der Waals surface area contributed by atoms with Crippen LogP contribution in [0.4, 0.5) is 0 Å². The number of piperidine rings is 4. The molecule has 4 heterocycles. The maximum atomic E-state index is 12.8. The highest BCUT2D eigenvalue weighted by Gasteiger charge is 2.48. The SMILES string of the molecule is CC1(C)CC(NS(=O)(=O)NC2CC(C)(C)N(O)C(C)(C)C2)CC(C)(C)N1O.CC1(C)CC(NS(=O)(=O)NC2CC(C)(C)NC(C)(C)C2)CC(C)(C)N1.CCO.Cl.Cl. The molecule has 0 aromatic heterocycles. The minimum atomic E-state index is -3.72. The number of rotatable bonds is 8. The number of hydroxylamine groups is 4. The molecule has 0 bridgehead atoms. The average molecular weight is 900 g/mol. The maximum absolute atomic E-state index is 12.8. The first-order valence-electron chi connectivity index (χ1n) is 20.1. The summed E-state index contributed by atoms with van der Waals surface area (Å²) in [6.45, 7) is 34.2. The summed E-state index contributed by atoms with van der Waals surface area (Å²) in [7, 11) is -7.25. The second-order valence-electron chi connectivity index (χ2n) is 21.9. The molecule has 0 aliphatic carbocycles. The van der Waals surface area contributed by atoms with Crippen LogP contribution in [0.1, 0.15) is 169 Å². The third kappa shape index (κ3) is 17.7. The van der Waals surface area contributed by atoms with Gasteiger partial charge in [0.1, 0.15) is 0 Å². The topological polar surface area (TPSA) is 208 Å². The molecule has 9 N–H and O–H groups in total. The lowest BCUT2D eigenvalue weighted by molar-refractivity contribution is -0.245. The van der Waals surface area contributed by atoms with Crippen LogP contribution in [0.15, 0.2) is 0 Å². The highest BCUT2D eigenvalue weighted by atomic mass is 35.5. The third-order valence-corrected chi connectivity index (χ3v) is 13.5. The fourth-order valence-corrected chi connectivity index (χ4v) is 13.0. The lowest BCUT2D eigenvalue weighted by atomic mass is 9.79. The zero-order valence-corrected chi connectivity index (χ0v) is 41.4. The molecule has 344 valence electrons. The molecule has 19 heteroatoms. The fraction of sp³-hybridized carbons (Fsp3) is 1.00. The van der Waals surface area contributed by atoms with Crippen molar-refractivity contribution in [3.05, 3.63) is 0 Å². The van der Waals surface area contributed by atoms with E-state index < -0.39 is 42.6 Å². The molecule has 15 nitrogen and oxygen atoms in total. The summed E-state index contributed by atoms with van der Waals surface area (Å²) in [6, 6.07) is -0.664. The summed E-state index contributed by atoms with van der Waals surface area (Å²) >= 11 is 0. The van der Waals surface area contributed by atoms with Crippen LogP contribution >= 0.6 is 24.8 Å². The van der Waals surface area contributed by atoms with Gasteiger partial charge in [-0.05, 0) is 169 Å². The minimum Gasteiger partial charge on any atom is -0.397 e. The number of aliphatic hydroxyl groups excluding tert-OH is 1. The summed E-state index contributed by atoms with van der Waals surface area (Å²) in [4.78, 5) is 0. The Balaban J connectivity index is 0.000000998. The molecule has 4 rings (SSSR count). The van der Waals surface area contributed by atoms with Crippen molar-refractivity contribution in [2.24, 2.45) is 0 Å². The smallest absolute Gasteiger partial charge is 0.277 e. The molecule has 0 aromatic carbocycles. The molecule has 0 unspecified atom stereocenters. The van der Waals surface area contributed by atoms with Crippen LogP contribution in [0.3, 0.4) is 0 Å². The van der Waals surface area contributed by atoms with E-state index in [4.69, 9.17) is 5.11 Å². The molecular formula is C38H84Cl2N8O7S2. The number of halogens is 2. The zero-order valence-electron chi connectivity index (χ0n) is 38.2. The molecule has 0 spiro atoms. The number of aliphatic hydroxyl groups is 1. The Morgan fingerprint density at radius 3 is 0.789 bits per heavy atom. The van der Waals surface area contributed by atoms with Crippen LogP contribution in [-0.4, -0.2) is 118 Å². The van der Waals surface area contributed by atoms with E-state index in [-0.39, 0.29) is 77.7 Å². The molecule has 0 amide bonds. The van der Waals surface area contributed by atoms with Crippen LogP contribution < -0.4 is 29.5 Å². The van der Waals surface area contributed by atoms with Gasteiger partial charge in [0.05, 0.1) is 0 Å². The standard InChI is InChI=1S/C18H38N4O4S.C18H38N4O2S.C2H6O.2ClH/c1-15(2)9-13(10-16(3,4)21(15)23)19-27(25,26)20-14-11-17(5,6)22(24)18(7,8)12-14;1-15(2)9-13(10-16(3,4)21-15)19-25(23,24)20-14-11-17(5,6)22-18(7,8)12-14;1-2-3;;/h13-14,19-20,23-24H,9-12H2,1-8H3;13-14,19-22H,9-12H2,1-8H3;3H,2H2,1H3;2*1H. The number of nitrogens with zero attached hydrogens (tertiary/aromatic N) is 2. The van der Waals surface area contributed by atoms with Crippen molar-refractivity contribution in [2.45, 2.75) is 238 Å². The Morgan fingerprint density at radius 2 is 0.614 bits per heavy atom. The summed E-state index contributed by atoms with van der Waals surface area (Å²) in [5, 5.41) is 38.2. The highest BCUT2D eigenvalue weighted by molar-refractivity contribution is 7.87. The van der Waals surface area contributed by atoms with Crippen LogP contribution in [0.5, 0.6) is 0 Å². The number of hydrogen-bond acceptors (Lipinski definition) is 11. The van der Waals surface area contributed by atoms with Gasteiger partial charge in [-0.2, -0.15) is 45.9 Å². The summed E-state index contributed by atoms with van der Waals surface area (Å²) in [5.41, 5.74) is -2.46. The molecule has 0 radical (unpaired) electrons. The Labute approximate surface area is 359 Å². The van der Waals surface area contributed by atoms with E-state index in [1.807, 2.05) is 55.4 Å². The van der Waals surface area contributed by atoms with E-state index in [0.717, 1.165) is 25.7 Å². The van der Waals surface area contributed by atoms with Crippen molar-refractivity contribution in [2.75, 3.05) is 6.61 Å². The van der Waals surface area contributed by atoms with Gasteiger partial charge in [0.25, 0.3) is 20.4 Å². The summed E-state index contributed by atoms with van der Waals surface area (Å²) in [6.07, 6.45) is 5.17. The normalized spacial score (nSPS) is 27.3. The second kappa shape index (κ2) is 19.6. The second-order valence-corrected chi connectivity index (χ2v) is 24.8. The molecule has 0 aromatic rings. The minimum absolute atomic E-state index is 0. The lowest BCUT2D eigenvalue weighted by Crippen LogP contribution is -2.65. The number of hydrogen-bond donors (Lipinski definition) is 9. The first-order valence-corrected chi connectivity index (χ1v) is 23.0. The van der Waals surface area contributed by atoms with Crippen molar-refractivity contribution in [3.8, 4) is 0 Å². The van der Waals surface area contributed by atoms with E-state index in [1.54, 1.807) is 6.92 Å². The molecular weight excluding hydrogens is 816 g/mol. The predicted octanol–water partition coefficient (Wildman–Crippen LogP) is 5.10. The van der Waals surface area contributed by atoms with Gasteiger partial charge in [-0.1, -0.05) is 0 Å². The zero-order chi connectivity index (χ0) is 43.1. The van der Waals surface area contributed by atoms with E-state index in [9.17, 15) is 27.3 Å². The third-order valence-electron chi connectivity index (χ3n) is 10.9. The molecule has 4 aliphatic rings. The van der Waals surface area contributed by atoms with Crippen molar-refractivity contribution >= 4 is 45.2 Å². The van der Waals surface area contributed by atoms with E-state index >= 15 is 0 Å². The van der Waals surface area contributed by atoms with Gasteiger partial charge >= 0.3 is 0 Å². The Morgan fingerprint density at radius 1 is 0.456 bits per heavy atom. The Hall–Kier alpha value is 0.0400. The molecule has 57 heavy (non-hydrogen) atoms. The highest BCUT2D eigenvalue weighted by Crippen LogP contribution is 2.39. The van der Waals surface area contributed by atoms with Crippen LogP contribution in [-0.2, 0) is 20.4 Å². The first-order chi connectivity index (χ1) is 24.3. The van der Waals surface area contributed by atoms with Gasteiger partial charge in [0, 0.05) is 75.1 Å². The molecule has 0 saturated carbocycles. The number of nitrogens with one attached hydrogen (secondary N) is 6. The lowest BCUT2D eigenvalue weighted by Gasteiger charge is -2.52. The fourth-order valence-electron chi connectivity index (χ4n) is 10.5. The van der Waals surface area contributed by atoms with Gasteiger partial charge in [-0.15, -0.1) is 24.8 Å².